The maximum absolute atomic E-state index is 12.3. The molecule has 1 saturated carbocycles. The molecule has 3 rings (SSSR count). The van der Waals surface area contributed by atoms with E-state index < -0.39 is 5.97 Å². The first-order valence-corrected chi connectivity index (χ1v) is 7.30. The molecule has 0 aliphatic heterocycles. The fourth-order valence-corrected chi connectivity index (χ4v) is 2.87. The first-order valence-electron chi connectivity index (χ1n) is 7.30. The minimum Gasteiger partial charge on any atom is -0.481 e. The van der Waals surface area contributed by atoms with Crippen LogP contribution in [0.1, 0.15) is 29.6 Å². The van der Waals surface area contributed by atoms with E-state index in [1.807, 2.05) is 24.3 Å². The highest BCUT2D eigenvalue weighted by atomic mass is 16.4. The number of hydrogen-bond donors (Lipinski definition) is 2. The van der Waals surface area contributed by atoms with Crippen molar-refractivity contribution < 1.29 is 19.1 Å². The average Bonchev–Trinajstić information content (AvgIpc) is 3.19. The summed E-state index contributed by atoms with van der Waals surface area (Å²) >= 11 is 0. The van der Waals surface area contributed by atoms with E-state index in [0.29, 0.717) is 24.8 Å². The Morgan fingerprint density at radius 2 is 2.05 bits per heavy atom. The van der Waals surface area contributed by atoms with Gasteiger partial charge in [-0.3, -0.25) is 9.59 Å². The number of aliphatic carboxylic acids is 1. The van der Waals surface area contributed by atoms with Crippen LogP contribution in [0, 0.1) is 5.92 Å². The second-order valence-corrected chi connectivity index (χ2v) is 5.61. The highest BCUT2D eigenvalue weighted by Gasteiger charge is 2.30. The summed E-state index contributed by atoms with van der Waals surface area (Å²) in [7, 11) is 0. The molecule has 1 heterocycles. The molecule has 2 atom stereocenters. The van der Waals surface area contributed by atoms with Gasteiger partial charge in [0, 0.05) is 17.2 Å². The van der Waals surface area contributed by atoms with Crippen molar-refractivity contribution in [3.05, 3.63) is 48.4 Å². The van der Waals surface area contributed by atoms with E-state index in [0.717, 1.165) is 11.1 Å². The summed E-state index contributed by atoms with van der Waals surface area (Å²) in [5.41, 5.74) is 2.40. The van der Waals surface area contributed by atoms with E-state index in [1.165, 1.54) is 0 Å². The number of carboxylic acids is 1. The molecule has 2 aromatic rings. The molecule has 0 bridgehead atoms. The first kappa shape index (κ1) is 14.4. The molecular weight excluding hydrogens is 282 g/mol. The molecule has 0 saturated heterocycles. The fourth-order valence-electron chi connectivity index (χ4n) is 2.87. The molecule has 1 aromatic heterocycles. The van der Waals surface area contributed by atoms with Gasteiger partial charge >= 0.3 is 5.97 Å². The third-order valence-electron chi connectivity index (χ3n) is 4.10. The lowest BCUT2D eigenvalue weighted by Crippen LogP contribution is -2.33. The normalized spacial score (nSPS) is 20.7. The van der Waals surface area contributed by atoms with E-state index in [2.05, 4.69) is 5.32 Å². The van der Waals surface area contributed by atoms with Crippen LogP contribution in [0.25, 0.3) is 11.1 Å². The standard InChI is InChI=1S/C17H17NO4/c19-16(18-15-5-4-13(9-15)17(20)21)12-3-1-2-11(8-12)14-6-7-22-10-14/h1-3,6-8,10,13,15H,4-5,9H2,(H,18,19)(H,20,21)/t13-,15+/m0/s1. The van der Waals surface area contributed by atoms with Gasteiger partial charge in [0.15, 0.2) is 0 Å². The number of carbonyl (C=O) groups excluding carboxylic acids is 1. The zero-order chi connectivity index (χ0) is 15.5. The zero-order valence-corrected chi connectivity index (χ0v) is 12.0. The van der Waals surface area contributed by atoms with Crippen LogP contribution in [0.5, 0.6) is 0 Å². The minimum atomic E-state index is -0.779. The summed E-state index contributed by atoms with van der Waals surface area (Å²) in [5, 5.41) is 11.9. The SMILES string of the molecule is O=C(N[C@@H]1CC[C@H](C(=O)O)C1)c1cccc(-c2ccoc2)c1. The fraction of sp³-hybridized carbons (Fsp3) is 0.294. The van der Waals surface area contributed by atoms with Crippen LogP contribution in [0.2, 0.25) is 0 Å². The lowest BCUT2D eigenvalue weighted by atomic mass is 10.0. The van der Waals surface area contributed by atoms with Crippen LogP contribution in [0.4, 0.5) is 0 Å². The molecule has 1 aliphatic carbocycles. The molecule has 0 radical (unpaired) electrons. The van der Waals surface area contributed by atoms with Gasteiger partial charge in [0.1, 0.15) is 0 Å². The molecule has 22 heavy (non-hydrogen) atoms. The largest absolute Gasteiger partial charge is 0.481 e. The monoisotopic (exact) mass is 299 g/mol. The quantitative estimate of drug-likeness (QED) is 0.909. The Balaban J connectivity index is 1.68. The highest BCUT2D eigenvalue weighted by molar-refractivity contribution is 5.95. The van der Waals surface area contributed by atoms with Gasteiger partial charge in [-0.2, -0.15) is 0 Å². The van der Waals surface area contributed by atoms with Crippen molar-refractivity contribution in [2.45, 2.75) is 25.3 Å². The summed E-state index contributed by atoms with van der Waals surface area (Å²) in [5.74, 6) is -1.29. The van der Waals surface area contributed by atoms with Crippen LogP contribution < -0.4 is 5.32 Å². The number of carbonyl (C=O) groups is 2. The lowest BCUT2D eigenvalue weighted by Gasteiger charge is -2.13. The molecule has 1 amide bonds. The van der Waals surface area contributed by atoms with Crippen LogP contribution in [-0.2, 0) is 4.79 Å². The Bertz CT molecular complexity index is 678. The smallest absolute Gasteiger partial charge is 0.306 e. The molecule has 114 valence electrons. The number of amides is 1. The Morgan fingerprint density at radius 1 is 1.18 bits per heavy atom. The number of carboxylic acid groups (broad SMARTS) is 1. The first-order chi connectivity index (χ1) is 10.6. The van der Waals surface area contributed by atoms with Gasteiger partial charge in [0.25, 0.3) is 5.91 Å². The zero-order valence-electron chi connectivity index (χ0n) is 12.0. The van der Waals surface area contributed by atoms with Crippen LogP contribution in [-0.4, -0.2) is 23.0 Å². The third-order valence-corrected chi connectivity index (χ3v) is 4.10. The molecule has 5 heteroatoms. The minimum absolute atomic E-state index is 0.0637. The van der Waals surface area contributed by atoms with Crippen LogP contribution in [0.3, 0.4) is 0 Å². The number of furan rings is 1. The van der Waals surface area contributed by atoms with Gasteiger partial charge in [-0.1, -0.05) is 12.1 Å². The van der Waals surface area contributed by atoms with Crippen molar-refractivity contribution in [1.29, 1.82) is 0 Å². The van der Waals surface area contributed by atoms with Gasteiger partial charge in [-0.15, -0.1) is 0 Å². The average molecular weight is 299 g/mol. The van der Waals surface area contributed by atoms with Crippen molar-refractivity contribution >= 4 is 11.9 Å². The molecule has 1 aromatic carbocycles. The topological polar surface area (TPSA) is 79.5 Å². The van der Waals surface area contributed by atoms with Gasteiger partial charge in [0.2, 0.25) is 0 Å². The Hall–Kier alpha value is -2.56. The van der Waals surface area contributed by atoms with Gasteiger partial charge in [-0.25, -0.2) is 0 Å². The van der Waals surface area contributed by atoms with Gasteiger partial charge in [-0.05, 0) is 43.0 Å². The number of hydrogen-bond acceptors (Lipinski definition) is 3. The summed E-state index contributed by atoms with van der Waals surface area (Å²) in [6.07, 6.45) is 5.06. The summed E-state index contributed by atoms with van der Waals surface area (Å²) in [4.78, 5) is 23.3. The van der Waals surface area contributed by atoms with Crippen molar-refractivity contribution in [3.63, 3.8) is 0 Å². The highest BCUT2D eigenvalue weighted by Crippen LogP contribution is 2.26. The van der Waals surface area contributed by atoms with Gasteiger partial charge < -0.3 is 14.8 Å². The summed E-state index contributed by atoms with van der Waals surface area (Å²) in [6.45, 7) is 0. The van der Waals surface area contributed by atoms with Gasteiger partial charge in [0.05, 0.1) is 18.4 Å². The Morgan fingerprint density at radius 3 is 2.73 bits per heavy atom. The van der Waals surface area contributed by atoms with E-state index >= 15 is 0 Å². The van der Waals surface area contributed by atoms with E-state index in [1.54, 1.807) is 18.6 Å². The predicted octanol–water partition coefficient (Wildman–Crippen LogP) is 2.93. The number of rotatable bonds is 4. The van der Waals surface area contributed by atoms with E-state index in [-0.39, 0.29) is 17.9 Å². The van der Waals surface area contributed by atoms with Crippen molar-refractivity contribution in [2.24, 2.45) is 5.92 Å². The second-order valence-electron chi connectivity index (χ2n) is 5.61. The maximum Gasteiger partial charge on any atom is 0.306 e. The maximum atomic E-state index is 12.3. The molecule has 1 aliphatic rings. The molecule has 0 spiro atoms. The number of benzene rings is 1. The van der Waals surface area contributed by atoms with Crippen molar-refractivity contribution in [3.8, 4) is 11.1 Å². The molecule has 5 nitrogen and oxygen atoms in total. The molecule has 2 N–H and O–H groups in total. The Kier molecular flexibility index (Phi) is 3.96. The lowest BCUT2D eigenvalue weighted by molar-refractivity contribution is -0.141. The van der Waals surface area contributed by atoms with Crippen LogP contribution >= 0.6 is 0 Å². The van der Waals surface area contributed by atoms with Crippen LogP contribution in [0.15, 0.2) is 47.3 Å². The van der Waals surface area contributed by atoms with E-state index in [9.17, 15) is 9.59 Å². The Labute approximate surface area is 127 Å². The van der Waals surface area contributed by atoms with Crippen molar-refractivity contribution in [1.82, 2.24) is 5.32 Å². The predicted molar refractivity (Wildman–Crippen MR) is 80.4 cm³/mol. The number of nitrogens with one attached hydrogen (secondary N) is 1. The summed E-state index contributed by atoms with van der Waals surface area (Å²) in [6, 6.07) is 9.08. The molecule has 0 unspecified atom stereocenters. The second kappa shape index (κ2) is 6.05. The summed E-state index contributed by atoms with van der Waals surface area (Å²) < 4.78 is 5.05. The van der Waals surface area contributed by atoms with E-state index in [4.69, 9.17) is 9.52 Å². The third kappa shape index (κ3) is 3.03. The molecular formula is C17H17NO4. The molecule has 1 fully saturated rings. The van der Waals surface area contributed by atoms with Crippen molar-refractivity contribution in [2.75, 3.05) is 0 Å².